The number of pyridine rings is 1. The van der Waals surface area contributed by atoms with Gasteiger partial charge in [0.2, 0.25) is 0 Å². The summed E-state index contributed by atoms with van der Waals surface area (Å²) >= 11 is 5.79. The maximum Gasteiger partial charge on any atom is 0.137 e. The Morgan fingerprint density at radius 2 is 1.90 bits per heavy atom. The van der Waals surface area contributed by atoms with Gasteiger partial charge in [-0.05, 0) is 37.3 Å². The van der Waals surface area contributed by atoms with Crippen molar-refractivity contribution in [3.8, 4) is 11.5 Å². The zero-order valence-corrected chi connectivity index (χ0v) is 11.9. The fourth-order valence-electron chi connectivity index (χ4n) is 1.67. The van der Waals surface area contributed by atoms with Gasteiger partial charge >= 0.3 is 0 Å². The van der Waals surface area contributed by atoms with Crippen molar-refractivity contribution in [2.75, 3.05) is 13.2 Å². The van der Waals surface area contributed by atoms with Crippen molar-refractivity contribution in [3.63, 3.8) is 0 Å². The molecular weight excluding hydrogens is 278 g/mol. The van der Waals surface area contributed by atoms with E-state index in [-0.39, 0.29) is 6.61 Å². The number of hydrogen-bond donors (Lipinski definition) is 1. The summed E-state index contributed by atoms with van der Waals surface area (Å²) in [7, 11) is 0. The molecule has 0 saturated carbocycles. The van der Waals surface area contributed by atoms with E-state index in [0.717, 1.165) is 0 Å². The highest BCUT2D eigenvalue weighted by Gasteiger charge is 2.10. The van der Waals surface area contributed by atoms with Gasteiger partial charge in [-0.2, -0.15) is 0 Å². The maximum absolute atomic E-state index is 10.1. The van der Waals surface area contributed by atoms with Crippen LogP contribution in [0.15, 0.2) is 42.7 Å². The Labute approximate surface area is 122 Å². The minimum absolute atomic E-state index is 0.138. The molecule has 1 atom stereocenters. The largest absolute Gasteiger partial charge is 0.492 e. The molecule has 0 spiro atoms. The van der Waals surface area contributed by atoms with Crippen LogP contribution in [-0.2, 0) is 0 Å². The SMILES string of the molecule is CCOc1cncc(C(O)COc2ccc(Cl)cc2)c1. The molecule has 2 aromatic rings. The third-order valence-corrected chi connectivity index (χ3v) is 2.90. The molecule has 1 aromatic heterocycles. The third-order valence-electron chi connectivity index (χ3n) is 2.65. The smallest absolute Gasteiger partial charge is 0.137 e. The molecule has 0 bridgehead atoms. The molecule has 0 amide bonds. The van der Waals surface area contributed by atoms with Gasteiger partial charge < -0.3 is 14.6 Å². The average Bonchev–Trinajstić information content (AvgIpc) is 2.47. The Hall–Kier alpha value is -1.78. The van der Waals surface area contributed by atoms with Crippen molar-refractivity contribution in [2.45, 2.75) is 13.0 Å². The van der Waals surface area contributed by atoms with E-state index >= 15 is 0 Å². The molecule has 1 N–H and O–H groups in total. The molecular formula is C15H16ClNO3. The zero-order chi connectivity index (χ0) is 14.4. The molecule has 2 rings (SSSR count). The van der Waals surface area contributed by atoms with Crippen LogP contribution in [0.2, 0.25) is 5.02 Å². The van der Waals surface area contributed by atoms with Crippen molar-refractivity contribution in [2.24, 2.45) is 0 Å². The van der Waals surface area contributed by atoms with Crippen LogP contribution in [-0.4, -0.2) is 23.3 Å². The van der Waals surface area contributed by atoms with Gasteiger partial charge in [-0.1, -0.05) is 11.6 Å². The third kappa shape index (κ3) is 4.11. The molecule has 0 saturated heterocycles. The van der Waals surface area contributed by atoms with Crippen LogP contribution >= 0.6 is 11.6 Å². The van der Waals surface area contributed by atoms with Crippen LogP contribution < -0.4 is 9.47 Å². The summed E-state index contributed by atoms with van der Waals surface area (Å²) in [5, 5.41) is 10.7. The van der Waals surface area contributed by atoms with Crippen LogP contribution in [0.1, 0.15) is 18.6 Å². The van der Waals surface area contributed by atoms with Crippen molar-refractivity contribution >= 4 is 11.6 Å². The molecule has 1 aromatic carbocycles. The number of hydrogen-bond acceptors (Lipinski definition) is 4. The highest BCUT2D eigenvalue weighted by Crippen LogP contribution is 2.20. The molecule has 1 heterocycles. The summed E-state index contributed by atoms with van der Waals surface area (Å²) in [6.45, 7) is 2.59. The van der Waals surface area contributed by atoms with Crippen molar-refractivity contribution < 1.29 is 14.6 Å². The van der Waals surface area contributed by atoms with E-state index < -0.39 is 6.10 Å². The summed E-state index contributed by atoms with van der Waals surface area (Å²) in [5.41, 5.74) is 0.657. The standard InChI is InChI=1S/C15H16ClNO3/c1-2-19-14-7-11(8-17-9-14)15(18)10-20-13-5-3-12(16)4-6-13/h3-9,15,18H,2,10H2,1H3. The Morgan fingerprint density at radius 3 is 2.60 bits per heavy atom. The molecule has 0 aliphatic rings. The summed E-state index contributed by atoms with van der Waals surface area (Å²) < 4.78 is 10.8. The van der Waals surface area contributed by atoms with E-state index in [1.807, 2.05) is 6.92 Å². The second kappa shape index (κ2) is 7.12. The van der Waals surface area contributed by atoms with Crippen LogP contribution in [0.4, 0.5) is 0 Å². The lowest BCUT2D eigenvalue weighted by atomic mass is 10.2. The Bertz CT molecular complexity index is 545. The zero-order valence-electron chi connectivity index (χ0n) is 11.1. The second-order valence-corrected chi connectivity index (χ2v) is 4.60. The molecule has 5 heteroatoms. The van der Waals surface area contributed by atoms with Crippen molar-refractivity contribution in [1.82, 2.24) is 4.98 Å². The first-order valence-corrected chi connectivity index (χ1v) is 6.71. The topological polar surface area (TPSA) is 51.6 Å². The lowest BCUT2D eigenvalue weighted by Gasteiger charge is -2.13. The number of aliphatic hydroxyl groups excluding tert-OH is 1. The number of ether oxygens (including phenoxy) is 2. The van der Waals surface area contributed by atoms with Crippen LogP contribution in [0, 0.1) is 0 Å². The van der Waals surface area contributed by atoms with Gasteiger partial charge in [-0.15, -0.1) is 0 Å². The summed E-state index contributed by atoms with van der Waals surface area (Å²) in [4.78, 5) is 4.03. The predicted molar refractivity (Wildman–Crippen MR) is 77.3 cm³/mol. The summed E-state index contributed by atoms with van der Waals surface area (Å²) in [6.07, 6.45) is 2.44. The van der Waals surface area contributed by atoms with E-state index in [1.165, 1.54) is 0 Å². The Morgan fingerprint density at radius 1 is 1.15 bits per heavy atom. The van der Waals surface area contributed by atoms with Gasteiger partial charge in [0.25, 0.3) is 0 Å². The molecule has 0 radical (unpaired) electrons. The van der Waals surface area contributed by atoms with E-state index in [1.54, 1.807) is 42.7 Å². The highest BCUT2D eigenvalue weighted by atomic mass is 35.5. The first-order chi connectivity index (χ1) is 9.69. The van der Waals surface area contributed by atoms with E-state index in [9.17, 15) is 5.11 Å². The summed E-state index contributed by atoms with van der Waals surface area (Å²) in [6, 6.07) is 8.74. The number of nitrogens with zero attached hydrogens (tertiary/aromatic N) is 1. The van der Waals surface area contributed by atoms with Gasteiger partial charge in [0.1, 0.15) is 24.2 Å². The fraction of sp³-hybridized carbons (Fsp3) is 0.267. The molecule has 20 heavy (non-hydrogen) atoms. The molecule has 0 fully saturated rings. The van der Waals surface area contributed by atoms with Crippen LogP contribution in [0.25, 0.3) is 0 Å². The van der Waals surface area contributed by atoms with E-state index in [4.69, 9.17) is 21.1 Å². The minimum Gasteiger partial charge on any atom is -0.492 e. The van der Waals surface area contributed by atoms with Crippen molar-refractivity contribution in [1.29, 1.82) is 0 Å². The van der Waals surface area contributed by atoms with Gasteiger partial charge in [-0.3, -0.25) is 4.98 Å². The highest BCUT2D eigenvalue weighted by molar-refractivity contribution is 6.30. The fourth-order valence-corrected chi connectivity index (χ4v) is 1.79. The summed E-state index contributed by atoms with van der Waals surface area (Å²) in [5.74, 6) is 1.29. The molecule has 4 nitrogen and oxygen atoms in total. The number of benzene rings is 1. The van der Waals surface area contributed by atoms with Gasteiger partial charge in [0.05, 0.1) is 12.8 Å². The maximum atomic E-state index is 10.1. The lowest BCUT2D eigenvalue weighted by Crippen LogP contribution is -2.10. The van der Waals surface area contributed by atoms with Gasteiger partial charge in [-0.25, -0.2) is 0 Å². The molecule has 1 unspecified atom stereocenters. The minimum atomic E-state index is -0.765. The first kappa shape index (κ1) is 14.6. The van der Waals surface area contributed by atoms with Crippen LogP contribution in [0.3, 0.4) is 0 Å². The Balaban J connectivity index is 1.95. The van der Waals surface area contributed by atoms with E-state index in [0.29, 0.717) is 28.7 Å². The number of halogens is 1. The van der Waals surface area contributed by atoms with Gasteiger partial charge in [0, 0.05) is 16.8 Å². The molecule has 0 aliphatic heterocycles. The molecule has 106 valence electrons. The molecule has 0 aliphatic carbocycles. The second-order valence-electron chi connectivity index (χ2n) is 4.17. The number of rotatable bonds is 6. The van der Waals surface area contributed by atoms with Crippen molar-refractivity contribution in [3.05, 3.63) is 53.3 Å². The lowest BCUT2D eigenvalue weighted by molar-refractivity contribution is 0.107. The van der Waals surface area contributed by atoms with Gasteiger partial charge in [0.15, 0.2) is 0 Å². The number of aromatic nitrogens is 1. The number of aliphatic hydroxyl groups is 1. The quantitative estimate of drug-likeness (QED) is 0.888. The average molecular weight is 294 g/mol. The Kier molecular flexibility index (Phi) is 5.21. The monoisotopic (exact) mass is 293 g/mol. The predicted octanol–water partition coefficient (Wildman–Crippen LogP) is 3.25. The van der Waals surface area contributed by atoms with Crippen LogP contribution in [0.5, 0.6) is 11.5 Å². The normalized spacial score (nSPS) is 11.9. The van der Waals surface area contributed by atoms with E-state index in [2.05, 4.69) is 4.98 Å². The first-order valence-electron chi connectivity index (χ1n) is 6.33.